The maximum Gasteiger partial charge on any atom is 0.220 e. The summed E-state index contributed by atoms with van der Waals surface area (Å²) in [6.07, 6.45) is 0.754. The monoisotopic (exact) mass is 266 g/mol. The van der Waals surface area contributed by atoms with Gasteiger partial charge in [0.2, 0.25) is 10.0 Å². The molecule has 2 N–H and O–H groups in total. The van der Waals surface area contributed by atoms with Gasteiger partial charge in [-0.1, -0.05) is 19.1 Å². The first-order chi connectivity index (χ1) is 7.36. The summed E-state index contributed by atoms with van der Waals surface area (Å²) in [5.74, 6) is 0.119. The summed E-state index contributed by atoms with van der Waals surface area (Å²) in [5.41, 5.74) is 5.27. The zero-order valence-corrected chi connectivity index (χ0v) is 11.2. The zero-order chi connectivity index (χ0) is 12.3. The average Bonchev–Trinajstić information content (AvgIpc) is 2.16. The van der Waals surface area contributed by atoms with E-state index in [1.54, 1.807) is 7.11 Å². The molecule has 94 valence electrons. The number of ether oxygens (including phenoxy) is 1. The van der Waals surface area contributed by atoms with Crippen LogP contribution in [-0.4, -0.2) is 49.8 Å². The maximum absolute atomic E-state index is 11.9. The minimum absolute atomic E-state index is 0.00703. The van der Waals surface area contributed by atoms with E-state index in [0.29, 0.717) is 19.0 Å². The molecule has 0 aromatic heterocycles. The van der Waals surface area contributed by atoms with Crippen molar-refractivity contribution in [3.8, 4) is 0 Å². The summed E-state index contributed by atoms with van der Waals surface area (Å²) >= 11 is 4.63. The van der Waals surface area contributed by atoms with Gasteiger partial charge in [-0.25, -0.2) is 8.42 Å². The topological polar surface area (TPSA) is 72.6 Å². The van der Waals surface area contributed by atoms with Gasteiger partial charge in [0.25, 0.3) is 0 Å². The molecule has 1 aliphatic rings. The van der Waals surface area contributed by atoms with Gasteiger partial charge in [-0.3, -0.25) is 0 Å². The van der Waals surface area contributed by atoms with E-state index in [9.17, 15) is 8.42 Å². The molecule has 1 aliphatic heterocycles. The molecule has 1 fully saturated rings. The predicted molar refractivity (Wildman–Crippen MR) is 66.7 cm³/mol. The van der Waals surface area contributed by atoms with Crippen LogP contribution in [0.1, 0.15) is 13.3 Å². The summed E-state index contributed by atoms with van der Waals surface area (Å²) in [6.45, 7) is 2.97. The van der Waals surface area contributed by atoms with Crippen LogP contribution in [0.5, 0.6) is 0 Å². The van der Waals surface area contributed by atoms with Crippen molar-refractivity contribution in [2.75, 3.05) is 26.0 Å². The number of piperidine rings is 1. The van der Waals surface area contributed by atoms with Crippen LogP contribution in [0.15, 0.2) is 0 Å². The van der Waals surface area contributed by atoms with Crippen LogP contribution >= 0.6 is 12.2 Å². The van der Waals surface area contributed by atoms with E-state index >= 15 is 0 Å². The third-order valence-corrected chi connectivity index (χ3v) is 4.99. The lowest BCUT2D eigenvalue weighted by Crippen LogP contribution is -2.48. The van der Waals surface area contributed by atoms with Crippen LogP contribution < -0.4 is 5.73 Å². The lowest BCUT2D eigenvalue weighted by molar-refractivity contribution is 0.0185. The van der Waals surface area contributed by atoms with Gasteiger partial charge in [0.15, 0.2) is 0 Å². The van der Waals surface area contributed by atoms with Crippen LogP contribution in [0, 0.1) is 5.92 Å². The third kappa shape index (κ3) is 3.38. The molecule has 0 aromatic rings. The van der Waals surface area contributed by atoms with E-state index in [1.165, 1.54) is 4.31 Å². The van der Waals surface area contributed by atoms with Crippen LogP contribution in [0.2, 0.25) is 0 Å². The fraction of sp³-hybridized carbons (Fsp3) is 0.889. The zero-order valence-electron chi connectivity index (χ0n) is 9.55. The fourth-order valence-electron chi connectivity index (χ4n) is 1.84. The lowest BCUT2D eigenvalue weighted by atomic mass is 9.97. The maximum atomic E-state index is 11.9. The molecule has 0 amide bonds. The molecule has 0 bridgehead atoms. The van der Waals surface area contributed by atoms with Gasteiger partial charge in [-0.15, -0.1) is 0 Å². The number of rotatable bonds is 4. The lowest BCUT2D eigenvalue weighted by Gasteiger charge is -2.35. The highest BCUT2D eigenvalue weighted by molar-refractivity contribution is 7.92. The Morgan fingerprint density at radius 3 is 2.75 bits per heavy atom. The van der Waals surface area contributed by atoms with Crippen LogP contribution in [0.3, 0.4) is 0 Å². The van der Waals surface area contributed by atoms with Gasteiger partial charge in [0.1, 0.15) is 5.75 Å². The number of nitrogens with zero attached hydrogens (tertiary/aromatic N) is 1. The molecular weight excluding hydrogens is 248 g/mol. The Kier molecular flexibility index (Phi) is 4.66. The molecule has 1 saturated heterocycles. The Morgan fingerprint density at radius 1 is 1.62 bits per heavy atom. The molecule has 0 spiro atoms. The Bertz CT molecular complexity index is 356. The first-order valence-corrected chi connectivity index (χ1v) is 7.17. The minimum Gasteiger partial charge on any atom is -0.392 e. The molecule has 0 aromatic carbocycles. The molecule has 16 heavy (non-hydrogen) atoms. The van der Waals surface area contributed by atoms with Crippen molar-refractivity contribution < 1.29 is 13.2 Å². The molecule has 0 aliphatic carbocycles. The van der Waals surface area contributed by atoms with Crippen molar-refractivity contribution in [1.82, 2.24) is 4.31 Å². The van der Waals surface area contributed by atoms with Crippen LogP contribution in [0.25, 0.3) is 0 Å². The number of hydrogen-bond acceptors (Lipinski definition) is 4. The van der Waals surface area contributed by atoms with E-state index in [0.717, 1.165) is 6.42 Å². The molecule has 5 nitrogen and oxygen atoms in total. The van der Waals surface area contributed by atoms with Crippen molar-refractivity contribution in [1.29, 1.82) is 0 Å². The SMILES string of the molecule is COC1CN(S(=O)(=O)CC(N)=S)CCC1C. The summed E-state index contributed by atoms with van der Waals surface area (Å²) in [6, 6.07) is 0. The number of hydrogen-bond donors (Lipinski definition) is 1. The van der Waals surface area contributed by atoms with E-state index in [1.807, 2.05) is 0 Å². The highest BCUT2D eigenvalue weighted by Crippen LogP contribution is 2.21. The number of methoxy groups -OCH3 is 1. The average molecular weight is 266 g/mol. The second-order valence-electron chi connectivity index (χ2n) is 4.12. The normalized spacial score (nSPS) is 27.9. The second kappa shape index (κ2) is 5.39. The second-order valence-corrected chi connectivity index (χ2v) is 6.61. The molecule has 0 radical (unpaired) electrons. The van der Waals surface area contributed by atoms with Gasteiger partial charge >= 0.3 is 0 Å². The highest BCUT2D eigenvalue weighted by atomic mass is 32.2. The van der Waals surface area contributed by atoms with E-state index in [4.69, 9.17) is 10.5 Å². The highest BCUT2D eigenvalue weighted by Gasteiger charge is 2.32. The summed E-state index contributed by atoms with van der Waals surface area (Å²) in [7, 11) is -1.76. The van der Waals surface area contributed by atoms with Gasteiger partial charge in [-0.2, -0.15) is 4.31 Å². The number of nitrogens with two attached hydrogens (primary N) is 1. The van der Waals surface area contributed by atoms with Crippen molar-refractivity contribution in [3.05, 3.63) is 0 Å². The molecular formula is C9H18N2O3S2. The van der Waals surface area contributed by atoms with Crippen molar-refractivity contribution >= 4 is 27.2 Å². The smallest absolute Gasteiger partial charge is 0.220 e. The number of sulfonamides is 1. The first-order valence-electron chi connectivity index (χ1n) is 5.15. The van der Waals surface area contributed by atoms with Gasteiger partial charge in [0.05, 0.1) is 11.1 Å². The van der Waals surface area contributed by atoms with E-state index in [-0.39, 0.29) is 16.8 Å². The van der Waals surface area contributed by atoms with Gasteiger partial charge in [0, 0.05) is 20.2 Å². The Labute approximate surface area is 102 Å². The predicted octanol–water partition coefficient (Wildman–Crippen LogP) is -0.0409. The molecule has 1 heterocycles. The number of thiocarbonyl (C=S) groups is 1. The molecule has 2 atom stereocenters. The Hall–Kier alpha value is -0.240. The van der Waals surface area contributed by atoms with Crippen LogP contribution in [0.4, 0.5) is 0 Å². The molecule has 2 unspecified atom stereocenters. The first kappa shape index (κ1) is 13.8. The van der Waals surface area contributed by atoms with Crippen LogP contribution in [-0.2, 0) is 14.8 Å². The fourth-order valence-corrected chi connectivity index (χ4v) is 3.58. The Balaban J connectivity index is 2.71. The van der Waals surface area contributed by atoms with Crippen molar-refractivity contribution in [3.63, 3.8) is 0 Å². The van der Waals surface area contributed by atoms with E-state index < -0.39 is 10.0 Å². The van der Waals surface area contributed by atoms with E-state index in [2.05, 4.69) is 19.1 Å². The summed E-state index contributed by atoms with van der Waals surface area (Å²) < 4.78 is 30.4. The van der Waals surface area contributed by atoms with Gasteiger partial charge < -0.3 is 10.5 Å². The molecule has 7 heteroatoms. The largest absolute Gasteiger partial charge is 0.392 e. The minimum atomic E-state index is -3.36. The summed E-state index contributed by atoms with van der Waals surface area (Å²) in [4.78, 5) is 0.00703. The third-order valence-electron chi connectivity index (χ3n) is 2.87. The summed E-state index contributed by atoms with van der Waals surface area (Å²) in [5, 5.41) is 0. The van der Waals surface area contributed by atoms with Crippen molar-refractivity contribution in [2.24, 2.45) is 11.7 Å². The van der Waals surface area contributed by atoms with Gasteiger partial charge in [-0.05, 0) is 12.3 Å². The van der Waals surface area contributed by atoms with Crippen molar-refractivity contribution in [2.45, 2.75) is 19.4 Å². The standard InChI is InChI=1S/C9H18N2O3S2/c1-7-3-4-11(5-8(7)14-2)16(12,13)6-9(10)15/h7-8H,3-6H2,1-2H3,(H2,10,15). The molecule has 1 rings (SSSR count). The quantitative estimate of drug-likeness (QED) is 0.723. The Morgan fingerprint density at radius 2 is 2.25 bits per heavy atom. The molecule has 0 saturated carbocycles.